The maximum absolute atomic E-state index is 10.7. The lowest BCUT2D eigenvalue weighted by Crippen LogP contribution is -3.61. The maximum Gasteiger partial charge on any atom is 0.381 e. The fourth-order valence-corrected chi connectivity index (χ4v) is 7.03. The van der Waals surface area contributed by atoms with Gasteiger partial charge in [-0.3, -0.25) is 0 Å². The van der Waals surface area contributed by atoms with E-state index in [1.54, 1.807) is 18.2 Å². The first kappa shape index (κ1) is 12.5. The van der Waals surface area contributed by atoms with Crippen LogP contribution in [0.15, 0.2) is 24.3 Å². The molecule has 7 heteroatoms. The molecule has 0 saturated carbocycles. The number of carbonyl (C=O) groups is 2. The summed E-state index contributed by atoms with van der Waals surface area (Å²) in [5.74, 6) is -2.09. The molecule has 0 saturated heterocycles. The normalized spacial score (nSPS) is 10.4. The van der Waals surface area contributed by atoms with E-state index in [-0.39, 0.29) is 4.88 Å². The summed E-state index contributed by atoms with van der Waals surface area (Å²) in [7, 11) is 0. The second kappa shape index (κ2) is 5.15. The first-order valence-corrected chi connectivity index (χ1v) is 8.14. The minimum Gasteiger partial charge on any atom is -0.544 e. The number of halogens is 1. The van der Waals surface area contributed by atoms with Gasteiger partial charge in [0.2, 0.25) is 5.77 Å². The van der Waals surface area contributed by atoms with Crippen LogP contribution in [0.5, 0.6) is 0 Å². The van der Waals surface area contributed by atoms with E-state index >= 15 is 0 Å². The van der Waals surface area contributed by atoms with Gasteiger partial charge >= 0.3 is 27.2 Å². The van der Waals surface area contributed by atoms with Crippen molar-refractivity contribution in [3.05, 3.63) is 39.8 Å². The van der Waals surface area contributed by atoms with Crippen LogP contribution in [0.1, 0.15) is 19.3 Å². The van der Waals surface area contributed by atoms with Crippen LogP contribution in [0, 0.1) is 5.77 Å². The molecule has 0 atom stereocenters. The Morgan fingerprint density at radius 2 is 1.59 bits per heavy atom. The molecule has 2 rings (SSSR count). The summed E-state index contributed by atoms with van der Waals surface area (Å²) in [6, 6.07) is 6.67. The Hall–Kier alpha value is -0.930. The van der Waals surface area contributed by atoms with Crippen molar-refractivity contribution in [2.24, 2.45) is 0 Å². The van der Waals surface area contributed by atoms with Crippen LogP contribution in [-0.4, -0.2) is 17.0 Å². The van der Waals surface area contributed by atoms with E-state index in [2.05, 4.69) is 0 Å². The lowest BCUT2D eigenvalue weighted by atomic mass is 10.5. The fourth-order valence-electron chi connectivity index (χ4n) is 1.05. The Kier molecular flexibility index (Phi) is 3.79. The minimum atomic E-state index is -1.16. The topological polar surface area (TPSA) is 77.4 Å². The second-order valence-corrected chi connectivity index (χ2v) is 9.39. The van der Waals surface area contributed by atoms with Gasteiger partial charge in [-0.15, -0.1) is 0 Å². The van der Waals surface area contributed by atoms with Gasteiger partial charge in [-0.25, -0.2) is 4.79 Å². The molecule has 2 aromatic heterocycles. The smallest absolute Gasteiger partial charge is 0.381 e. The molecule has 0 spiro atoms. The van der Waals surface area contributed by atoms with Gasteiger partial charge in [0, 0.05) is 12.1 Å². The van der Waals surface area contributed by atoms with E-state index in [1.165, 1.54) is 28.7 Å². The lowest BCUT2D eigenvalue weighted by Gasteiger charge is -1.91. The van der Waals surface area contributed by atoms with E-state index in [1.807, 2.05) is 0 Å². The van der Waals surface area contributed by atoms with Gasteiger partial charge in [0.25, 0.3) is 0 Å². The summed E-state index contributed by atoms with van der Waals surface area (Å²) in [6.45, 7) is 0. The summed E-state index contributed by atoms with van der Waals surface area (Å²) in [5, 5.41) is 19.4. The molecule has 0 bridgehead atoms. The lowest BCUT2D eigenvalue weighted by molar-refractivity contribution is -0.585. The summed E-state index contributed by atoms with van der Waals surface area (Å²) < 4.78 is 2.00. The van der Waals surface area contributed by atoms with Crippen LogP contribution in [0.4, 0.5) is 0 Å². The number of rotatable bonds is 4. The van der Waals surface area contributed by atoms with Crippen molar-refractivity contribution in [1.29, 1.82) is 0 Å². The Labute approximate surface area is 115 Å². The second-order valence-electron chi connectivity index (χ2n) is 2.89. The first-order valence-electron chi connectivity index (χ1n) is 4.35. The predicted molar refractivity (Wildman–Crippen MR) is 57.3 cm³/mol. The van der Waals surface area contributed by atoms with E-state index in [4.69, 9.17) is 5.11 Å². The number of hydrogen-bond donors (Lipinski definition) is 1. The molecule has 0 fully saturated rings. The monoisotopic (exact) mass is 380 g/mol. The number of carboxylic acids is 2. The van der Waals surface area contributed by atoms with Crippen molar-refractivity contribution in [2.75, 3.05) is 0 Å². The Bertz CT molecular complexity index is 522. The third-order valence-corrected chi connectivity index (χ3v) is 7.60. The average molecular weight is 380 g/mol. The minimum absolute atomic E-state index is 0.217. The van der Waals surface area contributed by atoms with Crippen molar-refractivity contribution in [1.82, 2.24) is 0 Å². The van der Waals surface area contributed by atoms with Gasteiger partial charge in [-0.2, -0.15) is 0 Å². The van der Waals surface area contributed by atoms with E-state index in [9.17, 15) is 14.7 Å². The summed E-state index contributed by atoms with van der Waals surface area (Å²) in [6.07, 6.45) is 0. The van der Waals surface area contributed by atoms with Crippen molar-refractivity contribution in [3.63, 3.8) is 0 Å². The molecule has 2 aromatic rings. The zero-order chi connectivity index (χ0) is 12.4. The number of aromatic carboxylic acids is 2. The quantitative estimate of drug-likeness (QED) is 0.623. The third kappa shape index (κ3) is 3.05. The summed E-state index contributed by atoms with van der Waals surface area (Å²) in [4.78, 5) is 21.8. The zero-order valence-electron chi connectivity index (χ0n) is 8.18. The Balaban J connectivity index is 2.13. The SMILES string of the molecule is O=C([O-])c1ccc([I+]c2ccc(C(=O)O)s2)s1. The summed E-state index contributed by atoms with van der Waals surface area (Å²) in [5.41, 5.74) is 0. The van der Waals surface area contributed by atoms with Gasteiger partial charge in [-0.05, 0) is 12.1 Å². The number of hydrogen-bond acceptors (Lipinski definition) is 5. The molecule has 0 aliphatic carbocycles. The molecule has 0 aliphatic heterocycles. The van der Waals surface area contributed by atoms with E-state index < -0.39 is 33.1 Å². The van der Waals surface area contributed by atoms with Crippen LogP contribution < -0.4 is 26.3 Å². The number of thiophene rings is 2. The molecule has 0 aromatic carbocycles. The highest BCUT2D eigenvalue weighted by Gasteiger charge is 2.22. The highest BCUT2D eigenvalue weighted by Crippen LogP contribution is 2.10. The third-order valence-electron chi connectivity index (χ3n) is 1.74. The van der Waals surface area contributed by atoms with Crippen molar-refractivity contribution in [2.45, 2.75) is 0 Å². The average Bonchev–Trinajstić information content (AvgIpc) is 2.87. The van der Waals surface area contributed by atoms with Crippen LogP contribution in [0.3, 0.4) is 0 Å². The molecule has 1 N–H and O–H groups in total. The Morgan fingerprint density at radius 3 is 2.00 bits per heavy atom. The largest absolute Gasteiger partial charge is 0.544 e. The highest BCUT2D eigenvalue weighted by molar-refractivity contribution is 7.12. The maximum atomic E-state index is 10.7. The van der Waals surface area contributed by atoms with Gasteiger partial charge in [0.15, 0.2) is 0 Å². The molecule has 0 radical (unpaired) electrons. The predicted octanol–water partition coefficient (Wildman–Crippen LogP) is -2.00. The van der Waals surface area contributed by atoms with Crippen molar-refractivity contribution >= 4 is 34.6 Å². The molecule has 0 amide bonds. The summed E-state index contributed by atoms with van der Waals surface area (Å²) >= 11 is 1.95. The highest BCUT2D eigenvalue weighted by atomic mass is 127. The molecule has 2 heterocycles. The molecule has 88 valence electrons. The van der Waals surface area contributed by atoms with E-state index in [0.29, 0.717) is 4.88 Å². The molecule has 17 heavy (non-hydrogen) atoms. The first-order chi connectivity index (χ1) is 8.06. The zero-order valence-corrected chi connectivity index (χ0v) is 12.0. The molecular weight excluding hydrogens is 375 g/mol. The van der Waals surface area contributed by atoms with E-state index in [0.717, 1.165) is 5.77 Å². The molecule has 0 unspecified atom stereocenters. The van der Waals surface area contributed by atoms with Crippen molar-refractivity contribution < 1.29 is 41.0 Å². The van der Waals surface area contributed by atoms with Crippen LogP contribution in [-0.2, 0) is 0 Å². The Morgan fingerprint density at radius 1 is 1.06 bits per heavy atom. The van der Waals surface area contributed by atoms with Crippen LogP contribution in [0.25, 0.3) is 0 Å². The van der Waals surface area contributed by atoms with Crippen LogP contribution in [0.2, 0.25) is 0 Å². The van der Waals surface area contributed by atoms with Gasteiger partial charge in [-0.1, -0.05) is 22.7 Å². The van der Waals surface area contributed by atoms with Crippen molar-refractivity contribution in [3.8, 4) is 0 Å². The number of carbonyl (C=O) groups excluding carboxylic acids is 1. The molecular formula is C10H5IO4S2. The fraction of sp³-hybridized carbons (Fsp3) is 0. The van der Waals surface area contributed by atoms with Crippen LogP contribution >= 0.6 is 22.7 Å². The van der Waals surface area contributed by atoms with Gasteiger partial charge < -0.3 is 15.0 Å². The molecule has 4 nitrogen and oxygen atoms in total. The van der Waals surface area contributed by atoms with Gasteiger partial charge in [0.1, 0.15) is 4.88 Å². The molecule has 0 aliphatic rings. The number of carboxylic acid groups (broad SMARTS) is 2. The standard InChI is InChI=1S/C10H5IO4S2/c12-9(13)5-1-3-7(16-5)11-8-4-2-6(17-8)10(14)15/h1-4H,(H-,12,13,14,15). The van der Waals surface area contributed by atoms with Gasteiger partial charge in [0.05, 0.1) is 10.8 Å².